The number of benzene rings is 2. The molecule has 5 heteroatoms. The van der Waals surface area contributed by atoms with Gasteiger partial charge in [0, 0.05) is 53.4 Å². The van der Waals surface area contributed by atoms with E-state index in [1.165, 1.54) is 5.56 Å². The second kappa shape index (κ2) is 9.78. The molecular formula is C25H31ClN2OSi. The first-order chi connectivity index (χ1) is 14.3. The van der Waals surface area contributed by atoms with Crippen LogP contribution in [-0.2, 0) is 11.2 Å². The molecule has 0 amide bonds. The van der Waals surface area contributed by atoms with Gasteiger partial charge in [0.05, 0.1) is 8.07 Å². The summed E-state index contributed by atoms with van der Waals surface area (Å²) in [4.78, 5) is 4.91. The summed E-state index contributed by atoms with van der Waals surface area (Å²) >= 11 is 6.18. The van der Waals surface area contributed by atoms with E-state index in [1.807, 2.05) is 18.3 Å². The molecule has 2 unspecified atom stereocenters. The SMILES string of the molecule is COCC(C(Cc1ccccc1)c1ccc(-c2cc(Cl)ccc2N)cn1)[Si](C)(C)C. The number of halogens is 1. The Bertz CT molecular complexity index is 955. The molecule has 3 aromatic rings. The minimum atomic E-state index is -1.50. The van der Waals surface area contributed by atoms with Crippen molar-refractivity contribution in [3.8, 4) is 11.1 Å². The van der Waals surface area contributed by atoms with Crippen LogP contribution in [0.3, 0.4) is 0 Å². The molecule has 0 aliphatic heterocycles. The van der Waals surface area contributed by atoms with Gasteiger partial charge in [-0.1, -0.05) is 67.6 Å². The molecular weight excluding hydrogens is 408 g/mol. The smallest absolute Gasteiger partial charge is 0.0508 e. The van der Waals surface area contributed by atoms with E-state index in [0.29, 0.717) is 22.2 Å². The fraction of sp³-hybridized carbons (Fsp3) is 0.320. The first-order valence-electron chi connectivity index (χ1n) is 10.3. The number of hydrogen-bond acceptors (Lipinski definition) is 3. The minimum absolute atomic E-state index is 0.296. The van der Waals surface area contributed by atoms with Gasteiger partial charge in [-0.15, -0.1) is 0 Å². The zero-order valence-corrected chi connectivity index (χ0v) is 20.0. The minimum Gasteiger partial charge on any atom is -0.398 e. The summed E-state index contributed by atoms with van der Waals surface area (Å²) in [5, 5.41) is 0.670. The zero-order chi connectivity index (χ0) is 21.7. The highest BCUT2D eigenvalue weighted by Crippen LogP contribution is 2.40. The first-order valence-corrected chi connectivity index (χ1v) is 14.3. The second-order valence-corrected chi connectivity index (χ2v) is 14.8. The number of nitrogens with zero attached hydrogens (tertiary/aromatic N) is 1. The molecule has 1 heterocycles. The number of hydrogen-bond donors (Lipinski definition) is 1. The molecule has 2 aromatic carbocycles. The van der Waals surface area contributed by atoms with Crippen molar-refractivity contribution in [2.45, 2.75) is 37.5 Å². The van der Waals surface area contributed by atoms with Crippen LogP contribution in [0.5, 0.6) is 0 Å². The molecule has 0 spiro atoms. The Morgan fingerprint density at radius 1 is 1.03 bits per heavy atom. The fourth-order valence-electron chi connectivity index (χ4n) is 4.03. The van der Waals surface area contributed by atoms with Crippen LogP contribution in [0.1, 0.15) is 17.2 Å². The Kier molecular flexibility index (Phi) is 7.35. The van der Waals surface area contributed by atoms with Crippen molar-refractivity contribution in [3.05, 3.63) is 83.1 Å². The van der Waals surface area contributed by atoms with E-state index >= 15 is 0 Å². The van der Waals surface area contributed by atoms with E-state index in [4.69, 9.17) is 27.1 Å². The van der Waals surface area contributed by atoms with Gasteiger partial charge >= 0.3 is 0 Å². The van der Waals surface area contributed by atoms with Crippen LogP contribution in [0.15, 0.2) is 66.9 Å². The van der Waals surface area contributed by atoms with Gasteiger partial charge in [-0.05, 0) is 41.8 Å². The molecule has 0 bridgehead atoms. The molecule has 0 saturated heterocycles. The molecule has 0 fully saturated rings. The van der Waals surface area contributed by atoms with Crippen LogP contribution in [0.25, 0.3) is 11.1 Å². The molecule has 2 N–H and O–H groups in total. The lowest BCUT2D eigenvalue weighted by Gasteiger charge is -2.35. The number of ether oxygens (including phenoxy) is 1. The lowest BCUT2D eigenvalue weighted by atomic mass is 9.91. The summed E-state index contributed by atoms with van der Waals surface area (Å²) in [7, 11) is 0.293. The molecule has 0 aliphatic carbocycles. The van der Waals surface area contributed by atoms with Crippen molar-refractivity contribution < 1.29 is 4.74 Å². The molecule has 0 aliphatic rings. The summed E-state index contributed by atoms with van der Waals surface area (Å²) in [5.41, 5.74) is 11.7. The van der Waals surface area contributed by atoms with Crippen LogP contribution in [0.2, 0.25) is 30.2 Å². The summed E-state index contributed by atoms with van der Waals surface area (Å²) in [6, 6.07) is 20.4. The van der Waals surface area contributed by atoms with Crippen LogP contribution in [-0.4, -0.2) is 26.8 Å². The molecule has 3 rings (SSSR count). The fourth-order valence-corrected chi connectivity index (χ4v) is 6.37. The summed E-state index contributed by atoms with van der Waals surface area (Å²) in [6.07, 6.45) is 2.87. The van der Waals surface area contributed by atoms with Crippen LogP contribution in [0.4, 0.5) is 5.69 Å². The topological polar surface area (TPSA) is 48.1 Å². The predicted octanol–water partition coefficient (Wildman–Crippen LogP) is 6.67. The molecule has 158 valence electrons. The van der Waals surface area contributed by atoms with Gasteiger partial charge in [-0.2, -0.15) is 0 Å². The number of nitrogen functional groups attached to an aromatic ring is 1. The Morgan fingerprint density at radius 2 is 1.77 bits per heavy atom. The van der Waals surface area contributed by atoms with Crippen LogP contribution in [0, 0.1) is 0 Å². The molecule has 30 heavy (non-hydrogen) atoms. The van der Waals surface area contributed by atoms with Gasteiger partial charge in [0.1, 0.15) is 0 Å². The van der Waals surface area contributed by atoms with Gasteiger partial charge in [-0.3, -0.25) is 4.98 Å². The Balaban J connectivity index is 1.99. The maximum atomic E-state index is 6.18. The number of aromatic nitrogens is 1. The Labute approximate surface area is 186 Å². The van der Waals surface area contributed by atoms with Gasteiger partial charge in [-0.25, -0.2) is 0 Å². The lowest BCUT2D eigenvalue weighted by Crippen LogP contribution is -2.36. The van der Waals surface area contributed by atoms with Crippen molar-refractivity contribution in [2.75, 3.05) is 19.5 Å². The van der Waals surface area contributed by atoms with Crippen molar-refractivity contribution in [3.63, 3.8) is 0 Å². The average molecular weight is 439 g/mol. The van der Waals surface area contributed by atoms with Gasteiger partial charge in [0.2, 0.25) is 0 Å². The summed E-state index contributed by atoms with van der Waals surface area (Å²) < 4.78 is 5.67. The summed E-state index contributed by atoms with van der Waals surface area (Å²) in [5.74, 6) is 0.296. The zero-order valence-electron chi connectivity index (χ0n) is 18.2. The maximum absolute atomic E-state index is 6.18. The van der Waals surface area contributed by atoms with Crippen LogP contribution >= 0.6 is 11.6 Å². The normalized spacial score (nSPS) is 13.8. The molecule has 1 aromatic heterocycles. The third-order valence-electron chi connectivity index (χ3n) is 5.74. The lowest BCUT2D eigenvalue weighted by molar-refractivity contribution is 0.184. The highest BCUT2D eigenvalue weighted by atomic mass is 35.5. The Hall–Kier alpha value is -2.14. The highest BCUT2D eigenvalue weighted by molar-refractivity contribution is 6.77. The van der Waals surface area contributed by atoms with Gasteiger partial charge in [0.25, 0.3) is 0 Å². The monoisotopic (exact) mass is 438 g/mol. The van der Waals surface area contributed by atoms with Crippen molar-refractivity contribution in [2.24, 2.45) is 0 Å². The molecule has 2 atom stereocenters. The van der Waals surface area contributed by atoms with Gasteiger partial charge in [0.15, 0.2) is 0 Å². The van der Waals surface area contributed by atoms with E-state index in [1.54, 1.807) is 13.2 Å². The van der Waals surface area contributed by atoms with Crippen molar-refractivity contribution in [1.29, 1.82) is 0 Å². The van der Waals surface area contributed by atoms with E-state index in [9.17, 15) is 0 Å². The maximum Gasteiger partial charge on any atom is 0.0508 e. The highest BCUT2D eigenvalue weighted by Gasteiger charge is 2.35. The first kappa shape index (κ1) is 22.5. The van der Waals surface area contributed by atoms with E-state index in [2.05, 4.69) is 62.1 Å². The third kappa shape index (κ3) is 5.51. The number of pyridine rings is 1. The summed E-state index contributed by atoms with van der Waals surface area (Å²) in [6.45, 7) is 7.99. The van der Waals surface area contributed by atoms with E-state index in [0.717, 1.165) is 29.8 Å². The molecule has 0 saturated carbocycles. The van der Waals surface area contributed by atoms with Crippen molar-refractivity contribution >= 4 is 25.4 Å². The number of anilines is 1. The number of rotatable bonds is 8. The standard InChI is InChI=1S/C25H31ClN2OSi/c1-29-17-25(30(2,3)4)22(14-18-8-6-5-7-9-18)24-13-10-19(16-28-24)21-15-20(26)11-12-23(21)27/h5-13,15-16,22,25H,14,17,27H2,1-4H3. The van der Waals surface area contributed by atoms with Gasteiger partial charge < -0.3 is 10.5 Å². The predicted molar refractivity (Wildman–Crippen MR) is 131 cm³/mol. The van der Waals surface area contributed by atoms with Crippen LogP contribution < -0.4 is 5.73 Å². The third-order valence-corrected chi connectivity index (χ3v) is 8.76. The largest absolute Gasteiger partial charge is 0.398 e. The molecule has 0 radical (unpaired) electrons. The Morgan fingerprint density at radius 3 is 2.37 bits per heavy atom. The number of methoxy groups -OCH3 is 1. The van der Waals surface area contributed by atoms with E-state index in [-0.39, 0.29) is 0 Å². The second-order valence-electron chi connectivity index (χ2n) is 8.93. The average Bonchev–Trinajstić information content (AvgIpc) is 2.72. The quantitative estimate of drug-likeness (QED) is 0.315. The van der Waals surface area contributed by atoms with E-state index < -0.39 is 8.07 Å². The number of nitrogens with two attached hydrogens (primary N) is 1. The van der Waals surface area contributed by atoms with Crippen molar-refractivity contribution in [1.82, 2.24) is 4.98 Å². The molecule has 3 nitrogen and oxygen atoms in total.